The first-order valence-electron chi connectivity index (χ1n) is 7.75. The highest BCUT2D eigenvalue weighted by atomic mass is 16.5. The second-order valence-corrected chi connectivity index (χ2v) is 6.40. The van der Waals surface area contributed by atoms with Gasteiger partial charge in [-0.05, 0) is 24.1 Å². The number of benzene rings is 2. The number of carbonyl (C=O) groups is 2. The van der Waals surface area contributed by atoms with Crippen LogP contribution < -0.4 is 0 Å². The molecular weight excluding hydrogens is 290 g/mol. The van der Waals surface area contributed by atoms with E-state index in [0.29, 0.717) is 30.9 Å². The van der Waals surface area contributed by atoms with E-state index in [1.807, 2.05) is 18.2 Å². The lowest BCUT2D eigenvalue weighted by Gasteiger charge is -2.43. The molecule has 1 saturated heterocycles. The van der Waals surface area contributed by atoms with Crippen molar-refractivity contribution < 1.29 is 14.3 Å². The predicted molar refractivity (Wildman–Crippen MR) is 85.2 cm³/mol. The summed E-state index contributed by atoms with van der Waals surface area (Å²) in [5.41, 5.74) is 2.04. The fourth-order valence-corrected chi connectivity index (χ4v) is 3.39. The Kier molecular flexibility index (Phi) is 3.27. The standard InChI is InChI=1S/C19H17NO3/c21-17-15-8-4-5-9-16(15)18(22)20(17)11-19(12-23-13-19)10-14-6-2-1-3-7-14/h1-9H,10-13H2. The molecule has 0 atom stereocenters. The summed E-state index contributed by atoms with van der Waals surface area (Å²) in [5.74, 6) is -0.380. The van der Waals surface area contributed by atoms with E-state index in [9.17, 15) is 9.59 Å². The molecule has 2 aromatic rings. The van der Waals surface area contributed by atoms with Crippen LogP contribution in [-0.2, 0) is 11.2 Å². The molecule has 2 aliphatic rings. The molecule has 2 heterocycles. The van der Waals surface area contributed by atoms with Gasteiger partial charge in [0.1, 0.15) is 0 Å². The zero-order valence-corrected chi connectivity index (χ0v) is 12.7. The van der Waals surface area contributed by atoms with Gasteiger partial charge in [0.15, 0.2) is 0 Å². The average Bonchev–Trinajstić information content (AvgIpc) is 2.79. The third-order valence-corrected chi connectivity index (χ3v) is 4.61. The Morgan fingerprint density at radius 3 is 1.96 bits per heavy atom. The van der Waals surface area contributed by atoms with Crippen LogP contribution in [-0.4, -0.2) is 36.5 Å². The van der Waals surface area contributed by atoms with Gasteiger partial charge in [0.2, 0.25) is 0 Å². The number of carbonyl (C=O) groups excluding carboxylic acids is 2. The molecule has 2 aliphatic heterocycles. The SMILES string of the molecule is O=C1c2ccccc2C(=O)N1CC1(Cc2ccccc2)COC1. The highest BCUT2D eigenvalue weighted by Gasteiger charge is 2.45. The molecule has 4 nitrogen and oxygen atoms in total. The second-order valence-electron chi connectivity index (χ2n) is 6.40. The van der Waals surface area contributed by atoms with Gasteiger partial charge in [-0.3, -0.25) is 14.5 Å². The van der Waals surface area contributed by atoms with E-state index in [0.717, 1.165) is 6.42 Å². The van der Waals surface area contributed by atoms with E-state index < -0.39 is 0 Å². The maximum Gasteiger partial charge on any atom is 0.261 e. The number of amides is 2. The first kappa shape index (κ1) is 14.2. The normalized spacial score (nSPS) is 18.7. The fraction of sp³-hybridized carbons (Fsp3) is 0.263. The van der Waals surface area contributed by atoms with Crippen LogP contribution in [0.3, 0.4) is 0 Å². The topological polar surface area (TPSA) is 46.6 Å². The van der Waals surface area contributed by atoms with Crippen molar-refractivity contribution in [1.82, 2.24) is 4.90 Å². The summed E-state index contributed by atoms with van der Waals surface area (Å²) < 4.78 is 5.42. The minimum absolute atomic E-state index is 0.172. The van der Waals surface area contributed by atoms with Crippen LogP contribution in [0.2, 0.25) is 0 Å². The summed E-state index contributed by atoms with van der Waals surface area (Å²) in [4.78, 5) is 26.5. The summed E-state index contributed by atoms with van der Waals surface area (Å²) in [6.45, 7) is 1.57. The van der Waals surface area contributed by atoms with Gasteiger partial charge < -0.3 is 4.74 Å². The Labute approximate surface area is 134 Å². The van der Waals surface area contributed by atoms with Crippen molar-refractivity contribution in [2.75, 3.05) is 19.8 Å². The number of hydrogen-bond donors (Lipinski definition) is 0. The molecule has 0 N–H and O–H groups in total. The molecule has 0 saturated carbocycles. The van der Waals surface area contributed by atoms with Crippen molar-refractivity contribution in [2.24, 2.45) is 5.41 Å². The molecule has 23 heavy (non-hydrogen) atoms. The fourth-order valence-electron chi connectivity index (χ4n) is 3.39. The maximum atomic E-state index is 12.5. The zero-order valence-electron chi connectivity index (χ0n) is 12.7. The number of rotatable bonds is 4. The van der Waals surface area contributed by atoms with Crippen molar-refractivity contribution in [3.8, 4) is 0 Å². The molecule has 2 amide bonds. The van der Waals surface area contributed by atoms with Crippen molar-refractivity contribution in [2.45, 2.75) is 6.42 Å². The Morgan fingerprint density at radius 1 is 0.870 bits per heavy atom. The van der Waals surface area contributed by atoms with Crippen LogP contribution in [0.4, 0.5) is 0 Å². The van der Waals surface area contributed by atoms with Crippen LogP contribution in [0.5, 0.6) is 0 Å². The van der Waals surface area contributed by atoms with Gasteiger partial charge in [0.25, 0.3) is 11.8 Å². The van der Waals surface area contributed by atoms with E-state index in [4.69, 9.17) is 4.74 Å². The molecular formula is C19H17NO3. The van der Waals surface area contributed by atoms with Crippen molar-refractivity contribution in [1.29, 1.82) is 0 Å². The van der Waals surface area contributed by atoms with Gasteiger partial charge in [-0.1, -0.05) is 42.5 Å². The van der Waals surface area contributed by atoms with Crippen molar-refractivity contribution in [3.63, 3.8) is 0 Å². The third-order valence-electron chi connectivity index (χ3n) is 4.61. The maximum absolute atomic E-state index is 12.5. The lowest BCUT2D eigenvalue weighted by molar-refractivity contribution is -0.118. The molecule has 4 rings (SSSR count). The molecule has 2 aromatic carbocycles. The van der Waals surface area contributed by atoms with E-state index >= 15 is 0 Å². The Hall–Kier alpha value is -2.46. The minimum atomic E-state index is -0.190. The van der Waals surface area contributed by atoms with Gasteiger partial charge in [0.05, 0.1) is 24.3 Å². The Morgan fingerprint density at radius 2 is 1.43 bits per heavy atom. The molecule has 116 valence electrons. The van der Waals surface area contributed by atoms with Crippen molar-refractivity contribution >= 4 is 11.8 Å². The summed E-state index contributed by atoms with van der Waals surface area (Å²) in [6.07, 6.45) is 0.807. The number of fused-ring (bicyclic) bond motifs is 1. The van der Waals surface area contributed by atoms with Gasteiger partial charge in [-0.15, -0.1) is 0 Å². The molecule has 1 fully saturated rings. The molecule has 0 radical (unpaired) electrons. The summed E-state index contributed by atoms with van der Waals surface area (Å²) >= 11 is 0. The summed E-state index contributed by atoms with van der Waals surface area (Å²) in [7, 11) is 0. The average molecular weight is 307 g/mol. The number of ether oxygens (including phenoxy) is 1. The van der Waals surface area contributed by atoms with Gasteiger partial charge in [-0.25, -0.2) is 0 Å². The quantitative estimate of drug-likeness (QED) is 0.816. The van der Waals surface area contributed by atoms with E-state index in [1.165, 1.54) is 10.5 Å². The monoisotopic (exact) mass is 307 g/mol. The highest BCUT2D eigenvalue weighted by Crippen LogP contribution is 2.35. The van der Waals surface area contributed by atoms with E-state index in [1.54, 1.807) is 24.3 Å². The van der Waals surface area contributed by atoms with Crippen LogP contribution in [0.1, 0.15) is 26.3 Å². The van der Waals surface area contributed by atoms with Gasteiger partial charge in [-0.2, -0.15) is 0 Å². The lowest BCUT2D eigenvalue weighted by Crippen LogP contribution is -2.53. The molecule has 0 aromatic heterocycles. The molecule has 0 aliphatic carbocycles. The highest BCUT2D eigenvalue weighted by molar-refractivity contribution is 6.21. The largest absolute Gasteiger partial charge is 0.380 e. The number of nitrogens with zero attached hydrogens (tertiary/aromatic N) is 1. The van der Waals surface area contributed by atoms with Crippen LogP contribution in [0.15, 0.2) is 54.6 Å². The lowest BCUT2D eigenvalue weighted by atomic mass is 9.79. The minimum Gasteiger partial charge on any atom is -0.380 e. The molecule has 4 heteroatoms. The van der Waals surface area contributed by atoms with E-state index in [-0.39, 0.29) is 17.2 Å². The van der Waals surface area contributed by atoms with Crippen LogP contribution in [0.25, 0.3) is 0 Å². The number of hydrogen-bond acceptors (Lipinski definition) is 3. The smallest absolute Gasteiger partial charge is 0.261 e. The first-order chi connectivity index (χ1) is 11.2. The Bertz CT molecular complexity index is 730. The first-order valence-corrected chi connectivity index (χ1v) is 7.75. The van der Waals surface area contributed by atoms with Gasteiger partial charge in [0, 0.05) is 12.0 Å². The zero-order chi connectivity index (χ0) is 15.9. The molecule has 0 bridgehead atoms. The van der Waals surface area contributed by atoms with Crippen molar-refractivity contribution in [3.05, 3.63) is 71.3 Å². The predicted octanol–water partition coefficient (Wildman–Crippen LogP) is 2.54. The molecule has 0 spiro atoms. The number of imide groups is 1. The third kappa shape index (κ3) is 2.35. The summed E-state index contributed by atoms with van der Waals surface area (Å²) in [6, 6.07) is 17.2. The summed E-state index contributed by atoms with van der Waals surface area (Å²) in [5, 5.41) is 0. The van der Waals surface area contributed by atoms with E-state index in [2.05, 4.69) is 12.1 Å². The van der Waals surface area contributed by atoms with Crippen LogP contribution >= 0.6 is 0 Å². The Balaban J connectivity index is 1.58. The molecule has 0 unspecified atom stereocenters. The van der Waals surface area contributed by atoms with Crippen LogP contribution in [0, 0.1) is 5.41 Å². The second kappa shape index (κ2) is 5.32. The van der Waals surface area contributed by atoms with Gasteiger partial charge >= 0.3 is 0 Å².